The molecule has 4 fully saturated rings. The minimum atomic E-state index is 0. The van der Waals surface area contributed by atoms with Crippen LogP contribution in [0.1, 0.15) is 65.7 Å². The maximum absolute atomic E-state index is 5.93. The van der Waals surface area contributed by atoms with E-state index in [1.807, 2.05) is 0 Å². The minimum Gasteiger partial charge on any atom is -0.377 e. The van der Waals surface area contributed by atoms with E-state index >= 15 is 0 Å². The largest absolute Gasteiger partial charge is 0.377 e. The Morgan fingerprint density at radius 2 is 1.84 bits per heavy atom. The van der Waals surface area contributed by atoms with Crippen LogP contribution in [0, 0.1) is 23.2 Å². The van der Waals surface area contributed by atoms with Crippen LogP contribution in [0.2, 0.25) is 0 Å². The highest BCUT2D eigenvalue weighted by Gasteiger charge is 2.59. The average molecular weight is 461 g/mol. The Bertz CT molecular complexity index is 489. The van der Waals surface area contributed by atoms with E-state index in [4.69, 9.17) is 9.73 Å². The summed E-state index contributed by atoms with van der Waals surface area (Å²) < 4.78 is 5.93. The third kappa shape index (κ3) is 3.83. The standard InChI is InChI=1S/C20H35N3O.HI/c1-4-21-19(22-16-12-15(16)13-8-6-5-7-9-13)23-17-14-10-11-24-18(14)20(17,2)3;/h13-18H,4-12H2,1-3H3,(H2,21,22,23);1H. The Morgan fingerprint density at radius 3 is 2.56 bits per heavy atom. The van der Waals surface area contributed by atoms with Gasteiger partial charge in [-0.3, -0.25) is 4.99 Å². The molecule has 4 rings (SSSR count). The molecule has 4 nitrogen and oxygen atoms in total. The number of guanidine groups is 1. The summed E-state index contributed by atoms with van der Waals surface area (Å²) >= 11 is 0. The van der Waals surface area contributed by atoms with E-state index in [0.717, 1.165) is 30.9 Å². The first kappa shape index (κ1) is 19.7. The molecule has 0 spiro atoms. The molecule has 0 amide bonds. The SMILES string of the molecule is CCN=C(NC1CC1C1CCCCC1)NC1C2CCOC2C1(C)C.I. The van der Waals surface area contributed by atoms with Crippen LogP contribution in [0.5, 0.6) is 0 Å². The zero-order chi connectivity index (χ0) is 16.7. The van der Waals surface area contributed by atoms with Gasteiger partial charge in [0.2, 0.25) is 0 Å². The lowest BCUT2D eigenvalue weighted by Crippen LogP contribution is -2.68. The Kier molecular flexibility index (Phi) is 6.24. The first-order valence-corrected chi connectivity index (χ1v) is 10.3. The molecule has 0 radical (unpaired) electrons. The second-order valence-electron chi connectivity index (χ2n) is 9.06. The molecule has 5 heteroatoms. The van der Waals surface area contributed by atoms with E-state index < -0.39 is 0 Å². The highest BCUT2D eigenvalue weighted by molar-refractivity contribution is 14.0. The molecule has 0 aromatic heterocycles. The van der Waals surface area contributed by atoms with Gasteiger partial charge >= 0.3 is 0 Å². The number of nitrogens with one attached hydrogen (secondary N) is 2. The monoisotopic (exact) mass is 461 g/mol. The van der Waals surface area contributed by atoms with Crippen LogP contribution < -0.4 is 10.6 Å². The van der Waals surface area contributed by atoms with Gasteiger partial charge in [0, 0.05) is 36.6 Å². The lowest BCUT2D eigenvalue weighted by Gasteiger charge is -2.55. The number of aliphatic imine (C=N–C) groups is 1. The number of hydrogen-bond donors (Lipinski definition) is 2. The Balaban J connectivity index is 0.00000182. The summed E-state index contributed by atoms with van der Waals surface area (Å²) in [7, 11) is 0. The normalized spacial score (nSPS) is 39.8. The minimum absolute atomic E-state index is 0. The van der Waals surface area contributed by atoms with Crippen molar-refractivity contribution in [2.45, 2.75) is 83.9 Å². The fourth-order valence-electron chi connectivity index (χ4n) is 5.70. The van der Waals surface area contributed by atoms with Gasteiger partial charge in [0.05, 0.1) is 6.10 Å². The van der Waals surface area contributed by atoms with Crippen LogP contribution in [0.25, 0.3) is 0 Å². The second-order valence-corrected chi connectivity index (χ2v) is 9.06. The third-order valence-electron chi connectivity index (χ3n) is 7.13. The molecule has 1 aliphatic heterocycles. The fourth-order valence-corrected chi connectivity index (χ4v) is 5.70. The first-order valence-electron chi connectivity index (χ1n) is 10.3. The van der Waals surface area contributed by atoms with Gasteiger partial charge in [-0.1, -0.05) is 46.0 Å². The van der Waals surface area contributed by atoms with Crippen molar-refractivity contribution in [1.82, 2.24) is 10.6 Å². The van der Waals surface area contributed by atoms with Crippen molar-refractivity contribution in [3.05, 3.63) is 0 Å². The molecule has 4 aliphatic rings. The zero-order valence-electron chi connectivity index (χ0n) is 16.1. The summed E-state index contributed by atoms with van der Waals surface area (Å²) in [5.41, 5.74) is 0.212. The van der Waals surface area contributed by atoms with Crippen molar-refractivity contribution in [1.29, 1.82) is 0 Å². The van der Waals surface area contributed by atoms with Crippen molar-refractivity contribution in [2.75, 3.05) is 13.2 Å². The van der Waals surface area contributed by atoms with Crippen LogP contribution in [-0.2, 0) is 4.74 Å². The van der Waals surface area contributed by atoms with Crippen molar-refractivity contribution < 1.29 is 4.74 Å². The molecule has 5 unspecified atom stereocenters. The van der Waals surface area contributed by atoms with Gasteiger partial charge < -0.3 is 15.4 Å². The summed E-state index contributed by atoms with van der Waals surface area (Å²) in [6.07, 6.45) is 10.2. The van der Waals surface area contributed by atoms with E-state index in [2.05, 4.69) is 31.4 Å². The molecule has 144 valence electrons. The van der Waals surface area contributed by atoms with E-state index in [9.17, 15) is 0 Å². The quantitative estimate of drug-likeness (QED) is 0.379. The van der Waals surface area contributed by atoms with E-state index in [-0.39, 0.29) is 29.4 Å². The van der Waals surface area contributed by atoms with Crippen molar-refractivity contribution >= 4 is 29.9 Å². The van der Waals surface area contributed by atoms with Crippen LogP contribution >= 0.6 is 24.0 Å². The molecule has 0 aromatic rings. The molecule has 1 heterocycles. The molecule has 25 heavy (non-hydrogen) atoms. The predicted molar refractivity (Wildman–Crippen MR) is 114 cm³/mol. The molecule has 1 saturated heterocycles. The molecule has 5 atom stereocenters. The van der Waals surface area contributed by atoms with Crippen molar-refractivity contribution in [2.24, 2.45) is 28.2 Å². The van der Waals surface area contributed by atoms with Gasteiger partial charge in [-0.25, -0.2) is 0 Å². The van der Waals surface area contributed by atoms with Crippen LogP contribution in [0.3, 0.4) is 0 Å². The van der Waals surface area contributed by atoms with Gasteiger partial charge in [0.1, 0.15) is 0 Å². The first-order chi connectivity index (χ1) is 11.6. The van der Waals surface area contributed by atoms with Crippen molar-refractivity contribution in [3.63, 3.8) is 0 Å². The van der Waals surface area contributed by atoms with Gasteiger partial charge in [0.25, 0.3) is 0 Å². The van der Waals surface area contributed by atoms with Gasteiger partial charge in [-0.2, -0.15) is 0 Å². The highest BCUT2D eigenvalue weighted by atomic mass is 127. The maximum atomic E-state index is 5.93. The maximum Gasteiger partial charge on any atom is 0.191 e. The molecule has 0 aromatic carbocycles. The van der Waals surface area contributed by atoms with E-state index in [1.54, 1.807) is 0 Å². The van der Waals surface area contributed by atoms with Crippen molar-refractivity contribution in [3.8, 4) is 0 Å². The number of rotatable bonds is 4. The third-order valence-corrected chi connectivity index (χ3v) is 7.13. The highest BCUT2D eigenvalue weighted by Crippen LogP contribution is 2.52. The predicted octanol–water partition coefficient (Wildman–Crippen LogP) is 3.94. The van der Waals surface area contributed by atoms with Crippen LogP contribution in [-0.4, -0.2) is 37.3 Å². The summed E-state index contributed by atoms with van der Waals surface area (Å²) in [5.74, 6) is 3.57. The average Bonchev–Trinajstić information content (AvgIpc) is 3.19. The lowest BCUT2D eigenvalue weighted by atomic mass is 9.57. The number of fused-ring (bicyclic) bond motifs is 1. The molecule has 3 saturated carbocycles. The van der Waals surface area contributed by atoms with Crippen LogP contribution in [0.15, 0.2) is 4.99 Å². The number of nitrogens with zero attached hydrogens (tertiary/aromatic N) is 1. The van der Waals surface area contributed by atoms with Gasteiger partial charge in [-0.15, -0.1) is 24.0 Å². The smallest absolute Gasteiger partial charge is 0.191 e. The molecule has 3 aliphatic carbocycles. The summed E-state index contributed by atoms with van der Waals surface area (Å²) in [5, 5.41) is 7.52. The van der Waals surface area contributed by atoms with E-state index in [1.165, 1.54) is 44.9 Å². The summed E-state index contributed by atoms with van der Waals surface area (Å²) in [6.45, 7) is 8.57. The van der Waals surface area contributed by atoms with E-state index in [0.29, 0.717) is 24.1 Å². The lowest BCUT2D eigenvalue weighted by molar-refractivity contribution is -0.106. The second kappa shape index (κ2) is 7.91. The van der Waals surface area contributed by atoms with Gasteiger partial charge in [-0.05, 0) is 31.6 Å². The number of ether oxygens (including phenoxy) is 1. The van der Waals surface area contributed by atoms with Crippen LogP contribution in [0.4, 0.5) is 0 Å². The Morgan fingerprint density at radius 1 is 1.08 bits per heavy atom. The topological polar surface area (TPSA) is 45.7 Å². The fraction of sp³-hybridized carbons (Fsp3) is 0.950. The molecule has 2 N–H and O–H groups in total. The number of halogens is 1. The molecule has 0 bridgehead atoms. The number of hydrogen-bond acceptors (Lipinski definition) is 2. The van der Waals surface area contributed by atoms with Gasteiger partial charge in [0.15, 0.2) is 5.96 Å². The molecular weight excluding hydrogens is 425 g/mol. The Labute approximate surface area is 170 Å². The summed E-state index contributed by atoms with van der Waals surface area (Å²) in [6, 6.07) is 1.15. The zero-order valence-corrected chi connectivity index (χ0v) is 18.4. The summed E-state index contributed by atoms with van der Waals surface area (Å²) in [4.78, 5) is 4.74. The Hall–Kier alpha value is -0.0400. The molecular formula is C20H36IN3O.